The van der Waals surface area contributed by atoms with Gasteiger partial charge in [0, 0.05) is 6.04 Å². The Labute approximate surface area is 129 Å². The Hall–Kier alpha value is -0.870. The molecule has 1 N–H and O–H groups in total. The van der Waals surface area contributed by atoms with Crippen LogP contribution >= 0.6 is 0 Å². The van der Waals surface area contributed by atoms with E-state index in [0.717, 1.165) is 31.4 Å². The molecule has 1 fully saturated rings. The number of nitrogens with one attached hydrogen (secondary N) is 1. The van der Waals surface area contributed by atoms with Gasteiger partial charge < -0.3 is 5.32 Å². The Morgan fingerprint density at radius 1 is 1.29 bits per heavy atom. The Bertz CT molecular complexity index is 593. The normalized spacial score (nSPS) is 25.7. The van der Waals surface area contributed by atoms with E-state index in [1.165, 1.54) is 0 Å². The molecule has 4 heteroatoms. The molecule has 0 aliphatic heterocycles. The molecule has 1 aliphatic carbocycles. The van der Waals surface area contributed by atoms with Crippen LogP contribution in [0.5, 0.6) is 0 Å². The maximum atomic E-state index is 13.1. The van der Waals surface area contributed by atoms with Gasteiger partial charge in [-0.15, -0.1) is 0 Å². The molecule has 0 bridgehead atoms. The van der Waals surface area contributed by atoms with E-state index in [1.54, 1.807) is 6.07 Å². The quantitative estimate of drug-likeness (QED) is 0.928. The maximum absolute atomic E-state index is 13.1. The maximum Gasteiger partial charge on any atom is 0.183 e. The summed E-state index contributed by atoms with van der Waals surface area (Å²) < 4.78 is 26.3. The van der Waals surface area contributed by atoms with E-state index in [0.29, 0.717) is 4.90 Å². The van der Waals surface area contributed by atoms with E-state index in [9.17, 15) is 8.42 Å². The molecule has 2 rings (SSSR count). The predicted molar refractivity (Wildman–Crippen MR) is 87.2 cm³/mol. The van der Waals surface area contributed by atoms with Gasteiger partial charge in [-0.3, -0.25) is 0 Å². The van der Waals surface area contributed by atoms with Gasteiger partial charge in [-0.25, -0.2) is 8.42 Å². The van der Waals surface area contributed by atoms with E-state index in [2.05, 4.69) is 19.2 Å². The summed E-state index contributed by atoms with van der Waals surface area (Å²) in [5.74, 6) is 0. The molecule has 0 saturated heterocycles. The smallest absolute Gasteiger partial charge is 0.183 e. The molecule has 21 heavy (non-hydrogen) atoms. The molecule has 0 aromatic heterocycles. The van der Waals surface area contributed by atoms with Crippen molar-refractivity contribution in [1.82, 2.24) is 5.32 Å². The van der Waals surface area contributed by atoms with Crippen molar-refractivity contribution in [1.29, 1.82) is 0 Å². The monoisotopic (exact) mass is 309 g/mol. The molecule has 2 unspecified atom stereocenters. The second kappa shape index (κ2) is 6.09. The predicted octanol–water partition coefficient (Wildman–Crippen LogP) is 3.33. The summed E-state index contributed by atoms with van der Waals surface area (Å²) in [6.45, 7) is 9.08. The number of aryl methyl sites for hydroxylation is 1. The van der Waals surface area contributed by atoms with Crippen LogP contribution < -0.4 is 5.32 Å². The van der Waals surface area contributed by atoms with Gasteiger partial charge in [-0.05, 0) is 43.4 Å². The average Bonchev–Trinajstić information content (AvgIpc) is 2.41. The van der Waals surface area contributed by atoms with Crippen LogP contribution in [-0.4, -0.2) is 26.3 Å². The highest BCUT2D eigenvalue weighted by Crippen LogP contribution is 2.40. The minimum atomic E-state index is -3.30. The van der Waals surface area contributed by atoms with Gasteiger partial charge in [0.05, 0.1) is 10.1 Å². The van der Waals surface area contributed by atoms with Crippen molar-refractivity contribution in [3.8, 4) is 0 Å². The number of benzene rings is 1. The molecule has 1 aromatic rings. The minimum absolute atomic E-state index is 0.00861. The van der Waals surface area contributed by atoms with Gasteiger partial charge in [-0.2, -0.15) is 0 Å². The van der Waals surface area contributed by atoms with Crippen LogP contribution in [0.3, 0.4) is 0 Å². The first-order valence-corrected chi connectivity index (χ1v) is 9.38. The standard InChI is InChI=1S/C17H27NO2S/c1-5-18-16-15(11-8-12-17(16,3)4)21(19,20)14-10-7-6-9-13(14)2/h6-7,9-10,15-16,18H,5,8,11-12H2,1-4H3. The third-order valence-electron chi connectivity index (χ3n) is 4.75. The number of sulfone groups is 1. The van der Waals surface area contributed by atoms with E-state index >= 15 is 0 Å². The minimum Gasteiger partial charge on any atom is -0.312 e. The second-order valence-corrected chi connectivity index (χ2v) is 8.90. The molecule has 1 aliphatic rings. The van der Waals surface area contributed by atoms with Crippen LogP contribution in [-0.2, 0) is 9.84 Å². The van der Waals surface area contributed by atoms with Crippen LogP contribution in [0.15, 0.2) is 29.2 Å². The molecule has 2 atom stereocenters. The summed E-state index contributed by atoms with van der Waals surface area (Å²) in [6, 6.07) is 7.34. The topological polar surface area (TPSA) is 46.2 Å². The molecule has 0 spiro atoms. The van der Waals surface area contributed by atoms with Crippen molar-refractivity contribution in [2.75, 3.05) is 6.54 Å². The fourth-order valence-corrected chi connectivity index (χ4v) is 6.00. The molecule has 0 radical (unpaired) electrons. The SMILES string of the molecule is CCNC1C(S(=O)(=O)c2ccccc2C)CCCC1(C)C. The summed E-state index contributed by atoms with van der Waals surface area (Å²) in [7, 11) is -3.30. The lowest BCUT2D eigenvalue weighted by atomic mass is 9.73. The van der Waals surface area contributed by atoms with Gasteiger partial charge in [-0.1, -0.05) is 45.4 Å². The molecule has 1 saturated carbocycles. The Kier molecular flexibility index (Phi) is 4.79. The summed E-state index contributed by atoms with van der Waals surface area (Å²) in [5.41, 5.74) is 0.852. The lowest BCUT2D eigenvalue weighted by Gasteiger charge is -2.44. The lowest BCUT2D eigenvalue weighted by Crippen LogP contribution is -2.55. The first-order valence-electron chi connectivity index (χ1n) is 7.83. The van der Waals surface area contributed by atoms with Crippen molar-refractivity contribution < 1.29 is 8.42 Å². The second-order valence-electron chi connectivity index (χ2n) is 6.77. The molecule has 1 aromatic carbocycles. The van der Waals surface area contributed by atoms with Crippen molar-refractivity contribution in [3.05, 3.63) is 29.8 Å². The summed E-state index contributed by atoms with van der Waals surface area (Å²) in [4.78, 5) is 0.496. The third kappa shape index (κ3) is 3.16. The van der Waals surface area contributed by atoms with E-state index in [4.69, 9.17) is 0 Å². The summed E-state index contributed by atoms with van der Waals surface area (Å²) in [5, 5.41) is 3.11. The van der Waals surface area contributed by atoms with Crippen molar-refractivity contribution in [2.45, 2.75) is 63.1 Å². The fourth-order valence-electron chi connectivity index (χ4n) is 3.58. The molecule has 118 valence electrons. The molecular weight excluding hydrogens is 282 g/mol. The van der Waals surface area contributed by atoms with Gasteiger partial charge in [0.25, 0.3) is 0 Å². The van der Waals surface area contributed by atoms with Crippen molar-refractivity contribution in [2.24, 2.45) is 5.41 Å². The highest BCUT2D eigenvalue weighted by atomic mass is 32.2. The molecule has 0 heterocycles. The van der Waals surface area contributed by atoms with Crippen LogP contribution in [0.4, 0.5) is 0 Å². The van der Waals surface area contributed by atoms with E-state index in [-0.39, 0.29) is 16.7 Å². The van der Waals surface area contributed by atoms with E-state index < -0.39 is 9.84 Å². The molecule has 0 amide bonds. The highest BCUT2D eigenvalue weighted by Gasteiger charge is 2.45. The first-order chi connectivity index (χ1) is 9.80. The van der Waals surface area contributed by atoms with E-state index in [1.807, 2.05) is 32.0 Å². The largest absolute Gasteiger partial charge is 0.312 e. The third-order valence-corrected chi connectivity index (χ3v) is 7.12. The zero-order valence-corrected chi connectivity index (χ0v) is 14.3. The lowest BCUT2D eigenvalue weighted by molar-refractivity contribution is 0.172. The Morgan fingerprint density at radius 2 is 1.95 bits per heavy atom. The number of hydrogen-bond donors (Lipinski definition) is 1. The zero-order chi connectivity index (χ0) is 15.7. The van der Waals surface area contributed by atoms with Crippen molar-refractivity contribution in [3.63, 3.8) is 0 Å². The highest BCUT2D eigenvalue weighted by molar-refractivity contribution is 7.92. The van der Waals surface area contributed by atoms with Crippen LogP contribution in [0.2, 0.25) is 0 Å². The van der Waals surface area contributed by atoms with Crippen LogP contribution in [0.1, 0.15) is 45.6 Å². The molecule has 3 nitrogen and oxygen atoms in total. The Morgan fingerprint density at radius 3 is 2.57 bits per heavy atom. The van der Waals surface area contributed by atoms with Gasteiger partial charge in [0.1, 0.15) is 0 Å². The van der Waals surface area contributed by atoms with Crippen molar-refractivity contribution >= 4 is 9.84 Å². The summed E-state index contributed by atoms with van der Waals surface area (Å²) in [6.07, 6.45) is 2.80. The fraction of sp³-hybridized carbons (Fsp3) is 0.647. The first kappa shape index (κ1) is 16.5. The number of rotatable bonds is 4. The molecular formula is C17H27NO2S. The van der Waals surface area contributed by atoms with Gasteiger partial charge in [0.15, 0.2) is 9.84 Å². The van der Waals surface area contributed by atoms with Gasteiger partial charge in [0.2, 0.25) is 0 Å². The van der Waals surface area contributed by atoms with Gasteiger partial charge >= 0.3 is 0 Å². The number of hydrogen-bond acceptors (Lipinski definition) is 3. The Balaban J connectivity index is 2.44. The zero-order valence-electron chi connectivity index (χ0n) is 13.5. The van der Waals surface area contributed by atoms with Crippen LogP contribution in [0.25, 0.3) is 0 Å². The van der Waals surface area contributed by atoms with Crippen LogP contribution in [0, 0.1) is 12.3 Å². The average molecular weight is 309 g/mol. The summed E-state index contributed by atoms with van der Waals surface area (Å²) >= 11 is 0.